The number of amides is 1. The molecule has 1 aliphatic carbocycles. The second-order valence-electron chi connectivity index (χ2n) is 9.11. The van der Waals surface area contributed by atoms with Crippen molar-refractivity contribution in [3.8, 4) is 0 Å². The minimum atomic E-state index is -4.43. The summed E-state index contributed by atoms with van der Waals surface area (Å²) in [4.78, 5) is 19.3. The highest BCUT2D eigenvalue weighted by atomic mass is 19.4. The van der Waals surface area contributed by atoms with Crippen LogP contribution in [-0.2, 0) is 23.9 Å². The molecule has 1 saturated carbocycles. The quantitative estimate of drug-likeness (QED) is 0.800. The molecule has 160 valence electrons. The van der Waals surface area contributed by atoms with Gasteiger partial charge in [-0.25, -0.2) is 0 Å². The predicted molar refractivity (Wildman–Crippen MR) is 101 cm³/mol. The number of hydrogen-bond acceptors (Lipinski definition) is 4. The van der Waals surface area contributed by atoms with Crippen LogP contribution in [0.25, 0.3) is 0 Å². The SMILES string of the molecule is CC1C2Cc3ncc(C(F)(F)F)cc3CN2C(=O)[C@]12CC[C@@H](NC[C@H](C)CO)C2. The van der Waals surface area contributed by atoms with E-state index in [-0.39, 0.29) is 43.0 Å². The van der Waals surface area contributed by atoms with Gasteiger partial charge in [-0.05, 0) is 42.7 Å². The molecular weight excluding hydrogens is 383 g/mol. The van der Waals surface area contributed by atoms with Gasteiger partial charge in [-0.15, -0.1) is 0 Å². The average Bonchev–Trinajstić information content (AvgIpc) is 3.21. The van der Waals surface area contributed by atoms with Crippen LogP contribution in [0, 0.1) is 17.3 Å². The highest BCUT2D eigenvalue weighted by molar-refractivity contribution is 5.87. The Morgan fingerprint density at radius 3 is 2.90 bits per heavy atom. The number of hydrogen-bond donors (Lipinski definition) is 2. The summed E-state index contributed by atoms with van der Waals surface area (Å²) in [6.45, 7) is 5.13. The first-order valence-electron chi connectivity index (χ1n) is 10.4. The molecule has 1 saturated heterocycles. The van der Waals surface area contributed by atoms with Gasteiger partial charge in [0.1, 0.15) is 0 Å². The summed E-state index contributed by atoms with van der Waals surface area (Å²) in [6.07, 6.45) is -0.569. The predicted octanol–water partition coefficient (Wildman–Crippen LogP) is 2.76. The van der Waals surface area contributed by atoms with E-state index in [9.17, 15) is 23.1 Å². The van der Waals surface area contributed by atoms with Gasteiger partial charge < -0.3 is 15.3 Å². The van der Waals surface area contributed by atoms with E-state index in [1.165, 1.54) is 0 Å². The van der Waals surface area contributed by atoms with Crippen LogP contribution in [0.4, 0.5) is 13.2 Å². The Morgan fingerprint density at radius 2 is 2.21 bits per heavy atom. The lowest BCUT2D eigenvalue weighted by Crippen LogP contribution is -2.40. The van der Waals surface area contributed by atoms with Gasteiger partial charge in [0.05, 0.1) is 11.0 Å². The number of rotatable bonds is 4. The Hall–Kier alpha value is -1.67. The smallest absolute Gasteiger partial charge is 0.396 e. The maximum Gasteiger partial charge on any atom is 0.417 e. The first-order chi connectivity index (χ1) is 13.7. The summed E-state index contributed by atoms with van der Waals surface area (Å²) in [6, 6.07) is 1.37. The number of aromatic nitrogens is 1. The Kier molecular flexibility index (Phi) is 5.14. The van der Waals surface area contributed by atoms with Crippen molar-refractivity contribution in [3.05, 3.63) is 29.1 Å². The number of aliphatic hydroxyl groups excluding tert-OH is 1. The van der Waals surface area contributed by atoms with Crippen molar-refractivity contribution in [1.29, 1.82) is 0 Å². The molecule has 8 heteroatoms. The van der Waals surface area contributed by atoms with Gasteiger partial charge in [-0.3, -0.25) is 9.78 Å². The van der Waals surface area contributed by atoms with Crippen molar-refractivity contribution in [2.45, 2.75) is 64.3 Å². The van der Waals surface area contributed by atoms with Gasteiger partial charge >= 0.3 is 6.18 Å². The van der Waals surface area contributed by atoms with Gasteiger partial charge in [0.25, 0.3) is 0 Å². The van der Waals surface area contributed by atoms with Crippen LogP contribution in [0.1, 0.15) is 49.9 Å². The highest BCUT2D eigenvalue weighted by Crippen LogP contribution is 2.54. The zero-order valence-corrected chi connectivity index (χ0v) is 16.8. The summed E-state index contributed by atoms with van der Waals surface area (Å²) in [5.74, 6) is 0.380. The molecule has 2 N–H and O–H groups in total. The second-order valence-corrected chi connectivity index (χ2v) is 9.11. The zero-order valence-electron chi connectivity index (χ0n) is 16.8. The maximum atomic E-state index is 13.4. The molecular formula is C21H28F3N3O2. The number of nitrogens with one attached hydrogen (secondary N) is 1. The zero-order chi connectivity index (χ0) is 21.0. The number of aliphatic hydroxyl groups is 1. The lowest BCUT2D eigenvalue weighted by atomic mass is 9.73. The lowest BCUT2D eigenvalue weighted by molar-refractivity contribution is -0.138. The molecule has 0 aromatic carbocycles. The van der Waals surface area contributed by atoms with Gasteiger partial charge in [-0.1, -0.05) is 13.8 Å². The van der Waals surface area contributed by atoms with Gasteiger partial charge in [0, 0.05) is 50.1 Å². The van der Waals surface area contributed by atoms with Crippen molar-refractivity contribution < 1.29 is 23.1 Å². The lowest BCUT2D eigenvalue weighted by Gasteiger charge is -2.33. The van der Waals surface area contributed by atoms with E-state index in [0.717, 1.165) is 31.5 Å². The Balaban J connectivity index is 1.53. The molecule has 1 spiro atoms. The molecule has 5 atom stereocenters. The van der Waals surface area contributed by atoms with E-state index in [1.807, 2.05) is 6.92 Å². The molecule has 29 heavy (non-hydrogen) atoms. The van der Waals surface area contributed by atoms with Crippen LogP contribution in [0.3, 0.4) is 0 Å². The third kappa shape index (κ3) is 3.44. The summed E-state index contributed by atoms with van der Waals surface area (Å²) in [5.41, 5.74) is -0.00888. The average molecular weight is 411 g/mol. The normalized spacial score (nSPS) is 32.6. The summed E-state index contributed by atoms with van der Waals surface area (Å²) in [7, 11) is 0. The number of halogens is 3. The fourth-order valence-corrected chi connectivity index (χ4v) is 5.43. The minimum Gasteiger partial charge on any atom is -0.396 e. The van der Waals surface area contributed by atoms with Crippen LogP contribution < -0.4 is 5.32 Å². The highest BCUT2D eigenvalue weighted by Gasteiger charge is 2.60. The molecule has 0 bridgehead atoms. The number of fused-ring (bicyclic) bond motifs is 2. The van der Waals surface area contributed by atoms with Crippen molar-refractivity contribution >= 4 is 5.91 Å². The van der Waals surface area contributed by atoms with E-state index in [0.29, 0.717) is 24.2 Å². The topological polar surface area (TPSA) is 65.5 Å². The molecule has 0 radical (unpaired) electrons. The third-order valence-electron chi connectivity index (χ3n) is 7.28. The molecule has 4 rings (SSSR count). The first-order valence-corrected chi connectivity index (χ1v) is 10.4. The van der Waals surface area contributed by atoms with Crippen LogP contribution in [0.15, 0.2) is 12.3 Å². The van der Waals surface area contributed by atoms with Crippen LogP contribution in [0.2, 0.25) is 0 Å². The van der Waals surface area contributed by atoms with Crippen molar-refractivity contribution in [2.75, 3.05) is 13.2 Å². The van der Waals surface area contributed by atoms with Crippen molar-refractivity contribution in [2.24, 2.45) is 17.3 Å². The number of carbonyl (C=O) groups is 1. The molecule has 2 aliphatic heterocycles. The van der Waals surface area contributed by atoms with Crippen LogP contribution in [0.5, 0.6) is 0 Å². The van der Waals surface area contributed by atoms with E-state index in [1.54, 1.807) is 4.90 Å². The molecule has 1 aromatic heterocycles. The van der Waals surface area contributed by atoms with E-state index >= 15 is 0 Å². The summed E-state index contributed by atoms with van der Waals surface area (Å²) in [5, 5.41) is 12.7. The Bertz CT molecular complexity index is 800. The number of nitrogens with zero attached hydrogens (tertiary/aromatic N) is 2. The van der Waals surface area contributed by atoms with Crippen LogP contribution >= 0.6 is 0 Å². The van der Waals surface area contributed by atoms with Crippen molar-refractivity contribution in [1.82, 2.24) is 15.2 Å². The summed E-state index contributed by atoms with van der Waals surface area (Å²) < 4.78 is 39.2. The van der Waals surface area contributed by atoms with E-state index in [2.05, 4.69) is 17.2 Å². The standard InChI is InChI=1S/C21H28F3N3O2/c1-12(11-28)8-25-16-3-4-20(7-16)13(2)18-6-17-14(10-27(18)19(20)29)5-15(9-26-17)21(22,23)24/h5,9,12-13,16,18,25,28H,3-4,6-8,10-11H2,1-2H3/t12-,13?,16+,18?,20-/m0/s1. The van der Waals surface area contributed by atoms with Gasteiger partial charge in [0.2, 0.25) is 5.91 Å². The minimum absolute atomic E-state index is 0.00523. The fraction of sp³-hybridized carbons (Fsp3) is 0.714. The van der Waals surface area contributed by atoms with Crippen molar-refractivity contribution in [3.63, 3.8) is 0 Å². The number of alkyl halides is 3. The molecule has 1 amide bonds. The Morgan fingerprint density at radius 1 is 1.45 bits per heavy atom. The molecule has 2 unspecified atom stereocenters. The fourth-order valence-electron chi connectivity index (χ4n) is 5.43. The molecule has 2 fully saturated rings. The summed E-state index contributed by atoms with van der Waals surface area (Å²) >= 11 is 0. The second kappa shape index (κ2) is 7.23. The number of pyridine rings is 1. The molecule has 1 aromatic rings. The largest absolute Gasteiger partial charge is 0.417 e. The van der Waals surface area contributed by atoms with E-state index < -0.39 is 17.2 Å². The third-order valence-corrected chi connectivity index (χ3v) is 7.28. The first kappa shape index (κ1) is 20.6. The van der Waals surface area contributed by atoms with Gasteiger partial charge in [0.15, 0.2) is 0 Å². The maximum absolute atomic E-state index is 13.4. The molecule has 3 heterocycles. The van der Waals surface area contributed by atoms with Crippen LogP contribution in [-0.4, -0.2) is 46.1 Å². The molecule has 3 aliphatic rings. The number of carbonyl (C=O) groups excluding carboxylic acids is 1. The monoisotopic (exact) mass is 411 g/mol. The molecule has 5 nitrogen and oxygen atoms in total. The Labute approximate surface area is 168 Å². The van der Waals surface area contributed by atoms with Gasteiger partial charge in [-0.2, -0.15) is 13.2 Å². The van der Waals surface area contributed by atoms with E-state index in [4.69, 9.17) is 0 Å².